The molecule has 6 nitrogen and oxygen atoms in total. The molecular weight excluding hydrogens is 362 g/mol. The Balaban J connectivity index is 1.20. The first-order chi connectivity index (χ1) is 14.2. The van der Waals surface area contributed by atoms with Crippen molar-refractivity contribution in [2.75, 3.05) is 31.6 Å². The molecule has 152 valence electrons. The molecule has 1 spiro atoms. The molecular formula is C23H29N5O. The summed E-state index contributed by atoms with van der Waals surface area (Å²) >= 11 is 0. The van der Waals surface area contributed by atoms with Crippen LogP contribution in [0, 0.1) is 12.0 Å². The molecule has 2 aliphatic heterocycles. The predicted molar refractivity (Wildman–Crippen MR) is 114 cm³/mol. The average Bonchev–Trinajstić information content (AvgIpc) is 2.74. The summed E-state index contributed by atoms with van der Waals surface area (Å²) in [5.41, 5.74) is 2.48. The Morgan fingerprint density at radius 2 is 1.93 bits per heavy atom. The van der Waals surface area contributed by atoms with Gasteiger partial charge in [0.2, 0.25) is 6.54 Å². The van der Waals surface area contributed by atoms with Gasteiger partial charge < -0.3 is 19.8 Å². The summed E-state index contributed by atoms with van der Waals surface area (Å²) in [5, 5.41) is 4.71. The van der Waals surface area contributed by atoms with Crippen molar-refractivity contribution in [3.8, 4) is 0 Å². The smallest absolute Gasteiger partial charge is 0.239 e. The lowest BCUT2D eigenvalue weighted by atomic mass is 9.76. The van der Waals surface area contributed by atoms with E-state index in [0.717, 1.165) is 41.5 Å². The molecule has 5 rings (SSSR count). The molecule has 1 aliphatic carbocycles. The standard InChI is InChI=1S/C23H29N5O/c1-24-13-17-2-7-21-20(12-17)22(26-16-25-21)27-18-3-5-19(6-4-18)28-10-8-23(9-11-28)14-29-15-23/h2,7,12,16,18-19H,3-6,8-11,13-15H2,(H,25,26,27). The number of anilines is 1. The van der Waals surface area contributed by atoms with Crippen LogP contribution in [0.3, 0.4) is 0 Å². The van der Waals surface area contributed by atoms with Gasteiger partial charge in [0.1, 0.15) is 12.1 Å². The second kappa shape index (κ2) is 7.89. The van der Waals surface area contributed by atoms with Crippen LogP contribution in [0.5, 0.6) is 0 Å². The topological polar surface area (TPSA) is 54.6 Å². The normalized spacial score (nSPS) is 26.7. The summed E-state index contributed by atoms with van der Waals surface area (Å²) < 4.78 is 5.47. The number of ether oxygens (including phenoxy) is 1. The van der Waals surface area contributed by atoms with Crippen LogP contribution >= 0.6 is 0 Å². The van der Waals surface area contributed by atoms with Crippen LogP contribution in [0.4, 0.5) is 5.82 Å². The monoisotopic (exact) mass is 391 g/mol. The van der Waals surface area contributed by atoms with Crippen molar-refractivity contribution in [3.63, 3.8) is 0 Å². The van der Waals surface area contributed by atoms with Crippen LogP contribution in [0.25, 0.3) is 15.7 Å². The molecule has 3 aliphatic rings. The molecule has 3 fully saturated rings. The van der Waals surface area contributed by atoms with Crippen LogP contribution < -0.4 is 5.32 Å². The van der Waals surface area contributed by atoms with E-state index in [1.54, 1.807) is 6.33 Å². The predicted octanol–water partition coefficient (Wildman–Crippen LogP) is 3.88. The number of rotatable bonds is 4. The quantitative estimate of drug-likeness (QED) is 0.802. The average molecular weight is 392 g/mol. The van der Waals surface area contributed by atoms with Crippen molar-refractivity contribution in [2.24, 2.45) is 5.41 Å². The molecule has 1 N–H and O–H groups in total. The number of nitrogens with one attached hydrogen (secondary N) is 1. The van der Waals surface area contributed by atoms with E-state index in [-0.39, 0.29) is 0 Å². The minimum absolute atomic E-state index is 0.401. The first-order valence-corrected chi connectivity index (χ1v) is 10.9. The first-order valence-electron chi connectivity index (χ1n) is 10.9. The zero-order chi connectivity index (χ0) is 19.7. The fourth-order valence-corrected chi connectivity index (χ4v) is 5.23. The molecule has 0 radical (unpaired) electrons. The minimum Gasteiger partial charge on any atom is -0.380 e. The molecule has 0 bridgehead atoms. The van der Waals surface area contributed by atoms with Gasteiger partial charge in [0.05, 0.1) is 18.7 Å². The van der Waals surface area contributed by atoms with Crippen molar-refractivity contribution in [1.82, 2.24) is 14.9 Å². The Bertz CT molecular complexity index is 901. The molecule has 29 heavy (non-hydrogen) atoms. The van der Waals surface area contributed by atoms with Crippen LogP contribution in [0.15, 0.2) is 24.5 Å². The van der Waals surface area contributed by atoms with Gasteiger partial charge in [-0.05, 0) is 69.8 Å². The fourth-order valence-electron chi connectivity index (χ4n) is 5.23. The zero-order valence-corrected chi connectivity index (χ0v) is 16.9. The van der Waals surface area contributed by atoms with E-state index in [2.05, 4.69) is 31.1 Å². The van der Waals surface area contributed by atoms with Crippen LogP contribution in [0.2, 0.25) is 0 Å². The van der Waals surface area contributed by atoms with Crippen molar-refractivity contribution in [3.05, 3.63) is 41.5 Å². The molecule has 6 heteroatoms. The number of aromatic nitrogens is 2. The summed E-state index contributed by atoms with van der Waals surface area (Å²) in [4.78, 5) is 15.1. The number of piperidine rings is 1. The third-order valence-corrected chi connectivity index (χ3v) is 7.19. The first kappa shape index (κ1) is 18.8. The lowest BCUT2D eigenvalue weighted by molar-refractivity contribution is -0.143. The zero-order valence-electron chi connectivity index (χ0n) is 16.9. The summed E-state index contributed by atoms with van der Waals surface area (Å²) in [5.74, 6) is 0.912. The van der Waals surface area contributed by atoms with Gasteiger partial charge >= 0.3 is 0 Å². The summed E-state index contributed by atoms with van der Waals surface area (Å²) in [6, 6.07) is 7.25. The largest absolute Gasteiger partial charge is 0.380 e. The maximum Gasteiger partial charge on any atom is 0.239 e. The van der Waals surface area contributed by atoms with Crippen molar-refractivity contribution in [1.29, 1.82) is 0 Å². The number of fused-ring (bicyclic) bond motifs is 1. The number of likely N-dealkylation sites (tertiary alicyclic amines) is 1. The Hall–Kier alpha value is -2.23. The van der Waals surface area contributed by atoms with Gasteiger partial charge in [-0.1, -0.05) is 0 Å². The van der Waals surface area contributed by atoms with E-state index in [0.29, 0.717) is 18.0 Å². The van der Waals surface area contributed by atoms with E-state index in [4.69, 9.17) is 11.3 Å². The molecule has 2 aromatic rings. The second-order valence-corrected chi connectivity index (χ2v) is 9.07. The minimum atomic E-state index is 0.401. The third-order valence-electron chi connectivity index (χ3n) is 7.19. The fraction of sp³-hybridized carbons (Fsp3) is 0.609. The van der Waals surface area contributed by atoms with Crippen molar-refractivity contribution >= 4 is 16.7 Å². The maximum atomic E-state index is 7.11. The van der Waals surface area contributed by atoms with Crippen LogP contribution in [0.1, 0.15) is 44.1 Å². The SMILES string of the molecule is [C-]#[N+]Cc1ccc2ncnc(NC3CCC(N4CCC5(CC4)COC5)CC3)c2c1. The van der Waals surface area contributed by atoms with E-state index >= 15 is 0 Å². The molecule has 1 aromatic carbocycles. The molecule has 0 unspecified atom stereocenters. The van der Waals surface area contributed by atoms with Crippen molar-refractivity contribution < 1.29 is 4.74 Å². The van der Waals surface area contributed by atoms with Gasteiger partial charge in [-0.2, -0.15) is 0 Å². The Morgan fingerprint density at radius 3 is 2.62 bits per heavy atom. The molecule has 1 saturated carbocycles. The van der Waals surface area contributed by atoms with Gasteiger partial charge in [-0.15, -0.1) is 0 Å². The van der Waals surface area contributed by atoms with E-state index < -0.39 is 0 Å². The second-order valence-electron chi connectivity index (χ2n) is 9.07. The van der Waals surface area contributed by atoms with Gasteiger partial charge in [-0.3, -0.25) is 0 Å². The lowest BCUT2D eigenvalue weighted by Gasteiger charge is -2.49. The van der Waals surface area contributed by atoms with Gasteiger partial charge in [0.25, 0.3) is 0 Å². The van der Waals surface area contributed by atoms with Gasteiger partial charge in [-0.25, -0.2) is 16.5 Å². The Labute approximate surface area is 172 Å². The van der Waals surface area contributed by atoms with Gasteiger partial charge in [0, 0.05) is 28.4 Å². The summed E-state index contributed by atoms with van der Waals surface area (Å²) in [6.45, 7) is 12.0. The van der Waals surface area contributed by atoms with E-state index in [1.165, 1.54) is 51.6 Å². The summed E-state index contributed by atoms with van der Waals surface area (Å²) in [6.07, 6.45) is 9.14. The molecule has 0 amide bonds. The number of hydrogen-bond acceptors (Lipinski definition) is 5. The highest BCUT2D eigenvalue weighted by Gasteiger charge is 2.42. The Morgan fingerprint density at radius 1 is 1.14 bits per heavy atom. The number of nitrogens with zero attached hydrogens (tertiary/aromatic N) is 4. The van der Waals surface area contributed by atoms with Crippen molar-refractivity contribution in [2.45, 2.75) is 57.2 Å². The Kier molecular flexibility index (Phi) is 5.11. The lowest BCUT2D eigenvalue weighted by Crippen LogP contribution is -2.53. The van der Waals surface area contributed by atoms with Crippen LogP contribution in [-0.4, -0.2) is 53.3 Å². The third kappa shape index (κ3) is 3.82. The number of hydrogen-bond donors (Lipinski definition) is 1. The molecule has 2 saturated heterocycles. The van der Waals surface area contributed by atoms with E-state index in [9.17, 15) is 0 Å². The maximum absolute atomic E-state index is 7.11. The summed E-state index contributed by atoms with van der Waals surface area (Å²) in [7, 11) is 0. The molecule has 1 aromatic heterocycles. The highest BCUT2D eigenvalue weighted by atomic mass is 16.5. The van der Waals surface area contributed by atoms with E-state index in [1.807, 2.05) is 12.1 Å². The highest BCUT2D eigenvalue weighted by molar-refractivity contribution is 5.89. The number of benzene rings is 1. The molecule has 0 atom stereocenters. The van der Waals surface area contributed by atoms with Gasteiger partial charge in [0.15, 0.2) is 0 Å². The molecule has 3 heterocycles. The highest BCUT2D eigenvalue weighted by Crippen LogP contribution is 2.40. The van der Waals surface area contributed by atoms with Crippen LogP contribution in [-0.2, 0) is 11.3 Å².